The van der Waals surface area contributed by atoms with Gasteiger partial charge in [-0.15, -0.1) is 0 Å². The van der Waals surface area contributed by atoms with Gasteiger partial charge >= 0.3 is 0 Å². The van der Waals surface area contributed by atoms with Crippen molar-refractivity contribution in [2.45, 2.75) is 12.9 Å². The summed E-state index contributed by atoms with van der Waals surface area (Å²) in [6.45, 7) is 4.25. The summed E-state index contributed by atoms with van der Waals surface area (Å²) >= 11 is 0. The molecule has 0 saturated carbocycles. The predicted octanol–water partition coefficient (Wildman–Crippen LogP) is 3.26. The van der Waals surface area contributed by atoms with Crippen LogP contribution in [-0.4, -0.2) is 6.29 Å². The van der Waals surface area contributed by atoms with Crippen LogP contribution in [0.15, 0.2) is 49.1 Å². The SMILES string of the molecule is C=CC1OCc2c(ccc3ccccc23)O1. The van der Waals surface area contributed by atoms with E-state index in [1.54, 1.807) is 6.08 Å². The molecule has 3 rings (SSSR count). The van der Waals surface area contributed by atoms with E-state index >= 15 is 0 Å². The Morgan fingerprint density at radius 2 is 2.06 bits per heavy atom. The minimum absolute atomic E-state index is 0.325. The lowest BCUT2D eigenvalue weighted by Gasteiger charge is -2.25. The second kappa shape index (κ2) is 3.65. The lowest BCUT2D eigenvalue weighted by atomic mass is 10.0. The molecule has 0 aliphatic carbocycles. The van der Waals surface area contributed by atoms with E-state index in [0.29, 0.717) is 6.61 Å². The highest BCUT2D eigenvalue weighted by Crippen LogP contribution is 2.32. The molecule has 1 unspecified atom stereocenters. The van der Waals surface area contributed by atoms with Crippen molar-refractivity contribution in [3.05, 3.63) is 54.6 Å². The van der Waals surface area contributed by atoms with Gasteiger partial charge in [0.2, 0.25) is 6.29 Å². The Morgan fingerprint density at radius 3 is 2.94 bits per heavy atom. The lowest BCUT2D eigenvalue weighted by Crippen LogP contribution is -2.22. The molecule has 0 bridgehead atoms. The molecular weight excluding hydrogens is 200 g/mol. The Labute approximate surface area is 94.1 Å². The molecule has 16 heavy (non-hydrogen) atoms. The first-order valence-electron chi connectivity index (χ1n) is 5.30. The smallest absolute Gasteiger partial charge is 0.219 e. The number of fused-ring (bicyclic) bond motifs is 3. The summed E-state index contributed by atoms with van der Waals surface area (Å²) in [5.41, 5.74) is 1.12. The van der Waals surface area contributed by atoms with Gasteiger partial charge in [0.15, 0.2) is 0 Å². The average Bonchev–Trinajstić information content (AvgIpc) is 2.38. The van der Waals surface area contributed by atoms with Crippen LogP contribution in [-0.2, 0) is 11.3 Å². The van der Waals surface area contributed by atoms with Crippen LogP contribution in [0.5, 0.6) is 5.75 Å². The maximum Gasteiger partial charge on any atom is 0.219 e. The van der Waals surface area contributed by atoms with E-state index in [9.17, 15) is 0 Å². The van der Waals surface area contributed by atoms with Crippen molar-refractivity contribution in [2.24, 2.45) is 0 Å². The van der Waals surface area contributed by atoms with Crippen LogP contribution in [0.4, 0.5) is 0 Å². The van der Waals surface area contributed by atoms with Crippen LogP contribution in [0.25, 0.3) is 10.8 Å². The summed E-state index contributed by atoms with van der Waals surface area (Å²) < 4.78 is 11.2. The topological polar surface area (TPSA) is 18.5 Å². The molecule has 1 atom stereocenters. The second-order valence-electron chi connectivity index (χ2n) is 3.80. The molecule has 0 N–H and O–H groups in total. The summed E-state index contributed by atoms with van der Waals surface area (Å²) in [5.74, 6) is 0.898. The highest BCUT2D eigenvalue weighted by molar-refractivity contribution is 5.87. The number of hydrogen-bond acceptors (Lipinski definition) is 2. The van der Waals surface area contributed by atoms with Crippen molar-refractivity contribution in [2.75, 3.05) is 0 Å². The summed E-state index contributed by atoms with van der Waals surface area (Å²) in [6, 6.07) is 12.3. The van der Waals surface area contributed by atoms with E-state index in [1.807, 2.05) is 18.2 Å². The fourth-order valence-electron chi connectivity index (χ4n) is 2.02. The molecule has 0 aromatic heterocycles. The second-order valence-corrected chi connectivity index (χ2v) is 3.80. The average molecular weight is 212 g/mol. The minimum Gasteiger partial charge on any atom is -0.461 e. The van der Waals surface area contributed by atoms with Gasteiger partial charge in [-0.2, -0.15) is 0 Å². The van der Waals surface area contributed by atoms with Gasteiger partial charge in [-0.3, -0.25) is 0 Å². The molecular formula is C14H12O2. The van der Waals surface area contributed by atoms with E-state index in [0.717, 1.165) is 11.3 Å². The monoisotopic (exact) mass is 212 g/mol. The van der Waals surface area contributed by atoms with Crippen LogP contribution in [0.3, 0.4) is 0 Å². The number of rotatable bonds is 1. The lowest BCUT2D eigenvalue weighted by molar-refractivity contribution is -0.0738. The molecule has 1 heterocycles. The molecule has 80 valence electrons. The fourth-order valence-corrected chi connectivity index (χ4v) is 2.02. The van der Waals surface area contributed by atoms with Gasteiger partial charge in [0.1, 0.15) is 5.75 Å². The van der Waals surface area contributed by atoms with Crippen LogP contribution in [0, 0.1) is 0 Å². The number of benzene rings is 2. The van der Waals surface area contributed by atoms with Gasteiger partial charge < -0.3 is 9.47 Å². The first-order chi connectivity index (χ1) is 7.88. The molecule has 2 aromatic carbocycles. The quantitative estimate of drug-likeness (QED) is 0.675. The zero-order chi connectivity index (χ0) is 11.0. The highest BCUT2D eigenvalue weighted by Gasteiger charge is 2.19. The maximum atomic E-state index is 5.65. The van der Waals surface area contributed by atoms with Gasteiger partial charge in [0.25, 0.3) is 0 Å². The van der Waals surface area contributed by atoms with E-state index in [-0.39, 0.29) is 6.29 Å². The summed E-state index contributed by atoms with van der Waals surface area (Å²) in [7, 11) is 0. The fraction of sp³-hybridized carbons (Fsp3) is 0.143. The minimum atomic E-state index is -0.325. The summed E-state index contributed by atoms with van der Waals surface area (Å²) in [6.07, 6.45) is 1.34. The van der Waals surface area contributed by atoms with Crippen molar-refractivity contribution >= 4 is 10.8 Å². The molecule has 2 heteroatoms. The maximum absolute atomic E-state index is 5.65. The normalized spacial score (nSPS) is 18.9. The van der Waals surface area contributed by atoms with Crippen molar-refractivity contribution in [1.82, 2.24) is 0 Å². The van der Waals surface area contributed by atoms with E-state index in [4.69, 9.17) is 9.47 Å². The third kappa shape index (κ3) is 1.39. The van der Waals surface area contributed by atoms with E-state index < -0.39 is 0 Å². The zero-order valence-electron chi connectivity index (χ0n) is 8.85. The largest absolute Gasteiger partial charge is 0.461 e. The van der Waals surface area contributed by atoms with Crippen LogP contribution in [0.1, 0.15) is 5.56 Å². The Kier molecular flexibility index (Phi) is 2.15. The first-order valence-corrected chi connectivity index (χ1v) is 5.30. The van der Waals surface area contributed by atoms with Crippen molar-refractivity contribution in [3.8, 4) is 5.75 Å². The molecule has 0 spiro atoms. The molecule has 0 saturated heterocycles. The van der Waals surface area contributed by atoms with Gasteiger partial charge in [0, 0.05) is 5.56 Å². The van der Waals surface area contributed by atoms with Crippen molar-refractivity contribution in [3.63, 3.8) is 0 Å². The Morgan fingerprint density at radius 1 is 1.19 bits per heavy atom. The zero-order valence-corrected chi connectivity index (χ0v) is 8.85. The predicted molar refractivity (Wildman–Crippen MR) is 63.4 cm³/mol. The third-order valence-electron chi connectivity index (χ3n) is 2.83. The van der Waals surface area contributed by atoms with E-state index in [1.165, 1.54) is 10.8 Å². The Bertz CT molecular complexity index is 545. The van der Waals surface area contributed by atoms with Gasteiger partial charge in [-0.05, 0) is 22.9 Å². The molecule has 0 radical (unpaired) electrons. The van der Waals surface area contributed by atoms with Gasteiger partial charge in [-0.25, -0.2) is 0 Å². The third-order valence-corrected chi connectivity index (χ3v) is 2.83. The number of ether oxygens (including phenoxy) is 2. The molecule has 1 aliphatic rings. The summed E-state index contributed by atoms with van der Waals surface area (Å²) in [5, 5.41) is 2.41. The standard InChI is InChI=1S/C14H12O2/c1-2-14-15-9-12-11-6-4-3-5-10(11)7-8-13(12)16-14/h2-8,14H,1,9H2. The van der Waals surface area contributed by atoms with Gasteiger partial charge in [0.05, 0.1) is 6.61 Å². The van der Waals surface area contributed by atoms with Crippen LogP contribution in [0.2, 0.25) is 0 Å². The molecule has 0 fully saturated rings. The Balaban J connectivity index is 2.17. The number of hydrogen-bond donors (Lipinski definition) is 0. The molecule has 2 aromatic rings. The molecule has 0 amide bonds. The Hall–Kier alpha value is -1.80. The first kappa shape index (κ1) is 9.43. The molecule has 2 nitrogen and oxygen atoms in total. The molecule has 1 aliphatic heterocycles. The summed E-state index contributed by atoms with van der Waals surface area (Å²) in [4.78, 5) is 0. The van der Waals surface area contributed by atoms with Crippen LogP contribution < -0.4 is 4.74 Å². The van der Waals surface area contributed by atoms with Crippen LogP contribution >= 0.6 is 0 Å². The van der Waals surface area contributed by atoms with Crippen molar-refractivity contribution in [1.29, 1.82) is 0 Å². The van der Waals surface area contributed by atoms with Crippen molar-refractivity contribution < 1.29 is 9.47 Å². The van der Waals surface area contributed by atoms with Gasteiger partial charge in [-0.1, -0.05) is 36.9 Å². The highest BCUT2D eigenvalue weighted by atomic mass is 16.7. The van der Waals surface area contributed by atoms with E-state index in [2.05, 4.69) is 24.8 Å².